The van der Waals surface area contributed by atoms with Crippen LogP contribution in [0.5, 0.6) is 11.5 Å². The zero-order valence-corrected chi connectivity index (χ0v) is 12.2. The molecule has 1 saturated carbocycles. The van der Waals surface area contributed by atoms with Gasteiger partial charge in [0.2, 0.25) is 0 Å². The molecule has 2 aromatic rings. The molecule has 4 heteroatoms. The highest BCUT2D eigenvalue weighted by molar-refractivity contribution is 5.46. The van der Waals surface area contributed by atoms with Gasteiger partial charge in [-0.15, -0.1) is 0 Å². The van der Waals surface area contributed by atoms with Crippen molar-refractivity contribution in [3.8, 4) is 11.5 Å². The van der Waals surface area contributed by atoms with Crippen molar-refractivity contribution in [1.29, 1.82) is 0 Å². The van der Waals surface area contributed by atoms with Crippen molar-refractivity contribution >= 4 is 0 Å². The molecule has 1 aliphatic rings. The van der Waals surface area contributed by atoms with Gasteiger partial charge in [-0.1, -0.05) is 18.2 Å². The number of nitrogens with one attached hydrogen (secondary N) is 1. The van der Waals surface area contributed by atoms with Crippen molar-refractivity contribution in [3.63, 3.8) is 0 Å². The normalized spacial score (nSPS) is 14.0. The third kappa shape index (κ3) is 3.73. The first-order valence-corrected chi connectivity index (χ1v) is 7.29. The lowest BCUT2D eigenvalue weighted by atomic mass is 10.2. The Morgan fingerprint density at radius 2 is 2.10 bits per heavy atom. The van der Waals surface area contributed by atoms with Crippen LogP contribution in [0.4, 0.5) is 0 Å². The summed E-state index contributed by atoms with van der Waals surface area (Å²) in [4.78, 5) is 4.28. The third-order valence-electron chi connectivity index (χ3n) is 3.53. The average Bonchev–Trinajstić information content (AvgIpc) is 3.36. The van der Waals surface area contributed by atoms with Crippen LogP contribution in [0, 0.1) is 0 Å². The van der Waals surface area contributed by atoms with Crippen molar-refractivity contribution in [2.24, 2.45) is 0 Å². The summed E-state index contributed by atoms with van der Waals surface area (Å²) in [6.45, 7) is 1.25. The maximum atomic E-state index is 5.97. The van der Waals surface area contributed by atoms with Gasteiger partial charge in [-0.25, -0.2) is 0 Å². The first-order chi connectivity index (χ1) is 10.4. The summed E-state index contributed by atoms with van der Waals surface area (Å²) in [5.41, 5.74) is 2.03. The van der Waals surface area contributed by atoms with Crippen molar-refractivity contribution in [3.05, 3.63) is 53.9 Å². The minimum Gasteiger partial charge on any atom is -0.493 e. The zero-order valence-electron chi connectivity index (χ0n) is 12.2. The van der Waals surface area contributed by atoms with Gasteiger partial charge in [-0.3, -0.25) is 4.98 Å². The van der Waals surface area contributed by atoms with Crippen LogP contribution in [0.25, 0.3) is 0 Å². The summed E-state index contributed by atoms with van der Waals surface area (Å²) >= 11 is 0. The second-order valence-corrected chi connectivity index (χ2v) is 5.21. The Labute approximate surface area is 125 Å². The Hall–Kier alpha value is -2.07. The van der Waals surface area contributed by atoms with Crippen LogP contribution in [-0.4, -0.2) is 18.1 Å². The Morgan fingerprint density at radius 1 is 1.19 bits per heavy atom. The maximum Gasteiger partial charge on any atom is 0.166 e. The van der Waals surface area contributed by atoms with Gasteiger partial charge in [-0.2, -0.15) is 0 Å². The van der Waals surface area contributed by atoms with Crippen LogP contribution >= 0.6 is 0 Å². The van der Waals surface area contributed by atoms with Gasteiger partial charge >= 0.3 is 0 Å². The quantitative estimate of drug-likeness (QED) is 0.849. The van der Waals surface area contributed by atoms with Gasteiger partial charge in [0.25, 0.3) is 0 Å². The van der Waals surface area contributed by atoms with Crippen LogP contribution in [0.1, 0.15) is 24.1 Å². The van der Waals surface area contributed by atoms with E-state index >= 15 is 0 Å². The molecule has 0 radical (unpaired) electrons. The van der Waals surface area contributed by atoms with E-state index in [-0.39, 0.29) is 0 Å². The molecule has 1 heterocycles. The predicted molar refractivity (Wildman–Crippen MR) is 81.4 cm³/mol. The highest BCUT2D eigenvalue weighted by Crippen LogP contribution is 2.32. The van der Waals surface area contributed by atoms with Crippen LogP contribution in [0.2, 0.25) is 0 Å². The van der Waals surface area contributed by atoms with E-state index in [1.54, 1.807) is 13.3 Å². The SMILES string of the molecule is COc1cccc(CNC2CC2)c1OCc1ccccn1. The Kier molecular flexibility index (Phi) is 4.36. The number of benzene rings is 1. The van der Waals surface area contributed by atoms with Crippen LogP contribution in [0.15, 0.2) is 42.6 Å². The Balaban J connectivity index is 1.73. The topological polar surface area (TPSA) is 43.4 Å². The largest absolute Gasteiger partial charge is 0.493 e. The lowest BCUT2D eigenvalue weighted by Gasteiger charge is -2.15. The molecule has 1 aromatic heterocycles. The van der Waals surface area contributed by atoms with E-state index in [1.165, 1.54) is 12.8 Å². The van der Waals surface area contributed by atoms with Gasteiger partial charge in [0.1, 0.15) is 6.61 Å². The second-order valence-electron chi connectivity index (χ2n) is 5.21. The number of aromatic nitrogens is 1. The maximum absolute atomic E-state index is 5.97. The Morgan fingerprint density at radius 3 is 2.81 bits per heavy atom. The summed E-state index contributed by atoms with van der Waals surface area (Å²) < 4.78 is 11.4. The molecule has 0 bridgehead atoms. The number of ether oxygens (including phenoxy) is 2. The van der Waals surface area contributed by atoms with E-state index < -0.39 is 0 Å². The molecule has 0 unspecified atom stereocenters. The average molecular weight is 284 g/mol. The van der Waals surface area contributed by atoms with Crippen LogP contribution < -0.4 is 14.8 Å². The number of methoxy groups -OCH3 is 1. The molecule has 21 heavy (non-hydrogen) atoms. The summed E-state index contributed by atoms with van der Waals surface area (Å²) in [5, 5.41) is 3.51. The molecule has 4 nitrogen and oxygen atoms in total. The zero-order chi connectivity index (χ0) is 14.5. The molecular formula is C17H20N2O2. The van der Waals surface area contributed by atoms with E-state index in [0.717, 1.165) is 29.3 Å². The highest BCUT2D eigenvalue weighted by atomic mass is 16.5. The lowest BCUT2D eigenvalue weighted by molar-refractivity contribution is 0.277. The number of hydrogen-bond acceptors (Lipinski definition) is 4. The number of pyridine rings is 1. The van der Waals surface area contributed by atoms with E-state index in [9.17, 15) is 0 Å². The second kappa shape index (κ2) is 6.59. The standard InChI is InChI=1S/C17H20N2O2/c1-20-16-7-4-5-13(11-19-14-8-9-14)17(16)21-12-15-6-2-3-10-18-15/h2-7,10,14,19H,8-9,11-12H2,1H3. The fourth-order valence-electron chi connectivity index (χ4n) is 2.20. The lowest BCUT2D eigenvalue weighted by Crippen LogP contribution is -2.16. The molecule has 3 rings (SSSR count). The minimum absolute atomic E-state index is 0.442. The predicted octanol–water partition coefficient (Wildman–Crippen LogP) is 2.92. The van der Waals surface area contributed by atoms with Crippen molar-refractivity contribution in [2.45, 2.75) is 32.0 Å². The highest BCUT2D eigenvalue weighted by Gasteiger charge is 2.21. The molecule has 0 spiro atoms. The summed E-state index contributed by atoms with van der Waals surface area (Å²) in [6, 6.07) is 12.5. The van der Waals surface area contributed by atoms with Crippen molar-refractivity contribution in [2.75, 3.05) is 7.11 Å². The Bertz CT molecular complexity index is 583. The summed E-state index contributed by atoms with van der Waals surface area (Å²) in [5.74, 6) is 1.57. The van der Waals surface area contributed by atoms with E-state index in [4.69, 9.17) is 9.47 Å². The third-order valence-corrected chi connectivity index (χ3v) is 3.53. The molecule has 110 valence electrons. The number of hydrogen-bond donors (Lipinski definition) is 1. The van der Waals surface area contributed by atoms with Crippen molar-refractivity contribution < 1.29 is 9.47 Å². The first-order valence-electron chi connectivity index (χ1n) is 7.29. The van der Waals surface area contributed by atoms with Gasteiger partial charge in [0.05, 0.1) is 12.8 Å². The van der Waals surface area contributed by atoms with E-state index in [2.05, 4.69) is 16.4 Å². The molecule has 0 saturated heterocycles. The van der Waals surface area contributed by atoms with E-state index in [0.29, 0.717) is 12.6 Å². The molecule has 1 N–H and O–H groups in total. The number of nitrogens with zero attached hydrogens (tertiary/aromatic N) is 1. The number of para-hydroxylation sites is 1. The fraction of sp³-hybridized carbons (Fsp3) is 0.353. The smallest absolute Gasteiger partial charge is 0.166 e. The first kappa shape index (κ1) is 13.9. The molecule has 1 fully saturated rings. The molecule has 0 atom stereocenters. The molecule has 0 amide bonds. The van der Waals surface area contributed by atoms with E-state index in [1.807, 2.05) is 30.3 Å². The van der Waals surface area contributed by atoms with Gasteiger partial charge in [0.15, 0.2) is 11.5 Å². The van der Waals surface area contributed by atoms with Gasteiger partial charge in [0, 0.05) is 24.3 Å². The van der Waals surface area contributed by atoms with Crippen molar-refractivity contribution in [1.82, 2.24) is 10.3 Å². The monoisotopic (exact) mass is 284 g/mol. The molecular weight excluding hydrogens is 264 g/mol. The summed E-state index contributed by atoms with van der Waals surface area (Å²) in [7, 11) is 1.67. The molecule has 1 aromatic carbocycles. The van der Waals surface area contributed by atoms with Gasteiger partial charge in [-0.05, 0) is 31.0 Å². The fourth-order valence-corrected chi connectivity index (χ4v) is 2.20. The minimum atomic E-state index is 0.442. The van der Waals surface area contributed by atoms with Gasteiger partial charge < -0.3 is 14.8 Å². The van der Waals surface area contributed by atoms with Crippen LogP contribution in [-0.2, 0) is 13.2 Å². The molecule has 0 aliphatic heterocycles. The molecule has 1 aliphatic carbocycles. The van der Waals surface area contributed by atoms with Crippen LogP contribution in [0.3, 0.4) is 0 Å². The number of rotatable bonds is 7. The summed E-state index contributed by atoms with van der Waals surface area (Å²) in [6.07, 6.45) is 4.32.